The minimum absolute atomic E-state index is 0.346. The highest BCUT2D eigenvalue weighted by atomic mass is 31.2. The van der Waals surface area contributed by atoms with Gasteiger partial charge in [0, 0.05) is 15.9 Å². The first-order valence-corrected chi connectivity index (χ1v) is 22.6. The standard InChI is InChI=1S/C57H34F3OP/c58-57(59,60)35-25-27-36(28-26-35)62(61,37-29-31-45-43-17-5-11-23-51(43)55(53(45)33-37)47-19-7-1-13-39(47)40-14-2-8-20-48(40)55)38-30-32-46-44-18-6-12-24-52(44)56(54(46)34-38)49-21-9-3-15-41(49)42-16-4-10-22-50(42)56/h1-34H. The maximum Gasteiger partial charge on any atom is 0.416 e. The van der Waals surface area contributed by atoms with Crippen molar-refractivity contribution >= 4 is 23.1 Å². The molecule has 0 heterocycles. The van der Waals surface area contributed by atoms with Gasteiger partial charge in [0.05, 0.1) is 16.4 Å². The van der Waals surface area contributed by atoms with Crippen LogP contribution in [0.4, 0.5) is 13.2 Å². The Hall–Kier alpha value is -7.00. The topological polar surface area (TPSA) is 17.1 Å². The van der Waals surface area contributed by atoms with Crippen LogP contribution in [0.2, 0.25) is 0 Å². The van der Waals surface area contributed by atoms with E-state index in [-0.39, 0.29) is 0 Å². The van der Waals surface area contributed by atoms with Gasteiger partial charge in [-0.25, -0.2) is 0 Å². The van der Waals surface area contributed by atoms with E-state index in [1.807, 2.05) is 12.1 Å². The smallest absolute Gasteiger partial charge is 0.309 e. The molecular formula is C57H34F3OP. The highest BCUT2D eigenvalue weighted by Gasteiger charge is 2.54. The Bertz CT molecular complexity index is 3130. The van der Waals surface area contributed by atoms with Gasteiger partial charge in [-0.3, -0.25) is 0 Å². The Labute approximate surface area is 357 Å². The second kappa shape index (κ2) is 12.3. The summed E-state index contributed by atoms with van der Waals surface area (Å²) in [4.78, 5) is 0. The zero-order valence-electron chi connectivity index (χ0n) is 33.1. The van der Waals surface area contributed by atoms with Crippen molar-refractivity contribution in [2.45, 2.75) is 17.0 Å². The second-order valence-electron chi connectivity index (χ2n) is 16.9. The summed E-state index contributed by atoms with van der Waals surface area (Å²) in [5.74, 6) is 0. The van der Waals surface area contributed by atoms with Crippen LogP contribution in [0.1, 0.15) is 50.1 Å². The van der Waals surface area contributed by atoms with E-state index in [0.29, 0.717) is 15.9 Å². The molecule has 1 nitrogen and oxygen atoms in total. The first kappa shape index (κ1) is 35.7. The summed E-state index contributed by atoms with van der Waals surface area (Å²) < 4.78 is 59.6. The summed E-state index contributed by atoms with van der Waals surface area (Å²) in [6.45, 7) is 0. The number of hydrogen-bond acceptors (Lipinski definition) is 1. The predicted octanol–water partition coefficient (Wildman–Crippen LogP) is 13.0. The van der Waals surface area contributed by atoms with Gasteiger partial charge in [0.1, 0.15) is 0 Å². The molecule has 0 bridgehead atoms. The summed E-state index contributed by atoms with van der Waals surface area (Å²) in [6, 6.07) is 68.5. The third-order valence-electron chi connectivity index (χ3n) is 14.2. The van der Waals surface area contributed by atoms with E-state index in [1.54, 1.807) is 0 Å². The number of hydrogen-bond donors (Lipinski definition) is 0. The molecule has 62 heavy (non-hydrogen) atoms. The van der Waals surface area contributed by atoms with Gasteiger partial charge >= 0.3 is 6.18 Å². The average Bonchev–Trinajstić information content (AvgIpc) is 4.00. The lowest BCUT2D eigenvalue weighted by atomic mass is 9.70. The molecular weight excluding hydrogens is 789 g/mol. The Morgan fingerprint density at radius 1 is 0.306 bits per heavy atom. The Kier molecular flexibility index (Phi) is 7.09. The molecule has 5 heteroatoms. The molecule has 4 aliphatic carbocycles. The first-order chi connectivity index (χ1) is 30.3. The second-order valence-corrected chi connectivity index (χ2v) is 19.7. The zero-order chi connectivity index (χ0) is 41.6. The molecule has 13 rings (SSSR count). The summed E-state index contributed by atoms with van der Waals surface area (Å²) in [7, 11) is -3.92. The van der Waals surface area contributed by atoms with Crippen molar-refractivity contribution in [3.63, 3.8) is 0 Å². The lowest BCUT2D eigenvalue weighted by Gasteiger charge is -2.32. The number of halogens is 3. The molecule has 0 unspecified atom stereocenters. The van der Waals surface area contributed by atoms with E-state index in [1.165, 1.54) is 12.1 Å². The molecule has 0 fully saturated rings. The van der Waals surface area contributed by atoms with Crippen LogP contribution in [0.15, 0.2) is 206 Å². The average molecular weight is 823 g/mol. The molecule has 0 N–H and O–H groups in total. The molecule has 0 amide bonds. The monoisotopic (exact) mass is 822 g/mol. The highest BCUT2D eigenvalue weighted by Crippen LogP contribution is 2.65. The lowest BCUT2D eigenvalue weighted by molar-refractivity contribution is -0.137. The summed E-state index contributed by atoms with van der Waals surface area (Å²) in [5.41, 5.74) is 15.8. The van der Waals surface area contributed by atoms with Gasteiger partial charge in [-0.15, -0.1) is 0 Å². The number of benzene rings is 9. The van der Waals surface area contributed by atoms with E-state index in [4.69, 9.17) is 0 Å². The summed E-state index contributed by atoms with van der Waals surface area (Å²) in [6.07, 6.45) is -4.55. The van der Waals surface area contributed by atoms with E-state index in [9.17, 15) is 13.2 Å². The molecule has 9 aromatic rings. The van der Waals surface area contributed by atoms with Gasteiger partial charge in [-0.05, 0) is 113 Å². The number of alkyl halides is 3. The Morgan fingerprint density at radius 2 is 0.565 bits per heavy atom. The van der Waals surface area contributed by atoms with Gasteiger partial charge in [0.25, 0.3) is 0 Å². The number of rotatable bonds is 3. The van der Waals surface area contributed by atoms with Crippen LogP contribution in [0.5, 0.6) is 0 Å². The first-order valence-electron chi connectivity index (χ1n) is 20.9. The zero-order valence-corrected chi connectivity index (χ0v) is 34.0. The van der Waals surface area contributed by atoms with Gasteiger partial charge in [0.2, 0.25) is 0 Å². The van der Waals surface area contributed by atoms with Gasteiger partial charge < -0.3 is 4.57 Å². The van der Waals surface area contributed by atoms with Crippen molar-refractivity contribution < 1.29 is 17.7 Å². The van der Waals surface area contributed by atoms with E-state index in [2.05, 4.69) is 170 Å². The van der Waals surface area contributed by atoms with Crippen molar-refractivity contribution in [1.82, 2.24) is 0 Å². The normalized spacial score (nSPS) is 15.0. The fourth-order valence-corrected chi connectivity index (χ4v) is 14.5. The molecule has 4 aliphatic rings. The molecule has 9 aromatic carbocycles. The molecule has 0 aliphatic heterocycles. The van der Waals surface area contributed by atoms with Crippen LogP contribution >= 0.6 is 7.14 Å². The van der Waals surface area contributed by atoms with Gasteiger partial charge in [-0.1, -0.05) is 182 Å². The third-order valence-corrected chi connectivity index (χ3v) is 17.3. The summed E-state index contributed by atoms with van der Waals surface area (Å²) >= 11 is 0. The highest BCUT2D eigenvalue weighted by molar-refractivity contribution is 7.85. The maximum absolute atomic E-state index is 17.0. The van der Waals surface area contributed by atoms with Crippen molar-refractivity contribution in [1.29, 1.82) is 0 Å². The van der Waals surface area contributed by atoms with Crippen LogP contribution in [0.25, 0.3) is 44.5 Å². The van der Waals surface area contributed by atoms with Crippen LogP contribution in [-0.4, -0.2) is 0 Å². The minimum atomic E-state index is -4.55. The van der Waals surface area contributed by atoms with Gasteiger partial charge in [-0.2, -0.15) is 13.2 Å². The Morgan fingerprint density at radius 3 is 0.855 bits per heavy atom. The SMILES string of the molecule is O=P(c1ccc(C(F)(F)F)cc1)(c1ccc2c(c1)C1(c3ccccc3-c3ccccc31)c1ccccc1-2)c1ccc2c(c1)C1(c3ccccc3-c3ccccc31)c1ccccc1-2. The van der Waals surface area contributed by atoms with E-state index >= 15 is 4.57 Å². The van der Waals surface area contributed by atoms with E-state index < -0.39 is 29.7 Å². The van der Waals surface area contributed by atoms with Crippen LogP contribution in [0, 0.1) is 0 Å². The fraction of sp³-hybridized carbons (Fsp3) is 0.0526. The van der Waals surface area contributed by atoms with Crippen LogP contribution in [-0.2, 0) is 21.6 Å². The quantitative estimate of drug-likeness (QED) is 0.162. The lowest BCUT2D eigenvalue weighted by Crippen LogP contribution is -2.31. The molecule has 0 radical (unpaired) electrons. The molecule has 0 atom stereocenters. The van der Waals surface area contributed by atoms with E-state index in [0.717, 1.165) is 101 Å². The molecule has 0 saturated heterocycles. The largest absolute Gasteiger partial charge is 0.416 e. The number of fused-ring (bicyclic) bond motifs is 20. The van der Waals surface area contributed by atoms with Crippen LogP contribution < -0.4 is 15.9 Å². The van der Waals surface area contributed by atoms with Crippen molar-refractivity contribution in [3.05, 3.63) is 256 Å². The molecule has 0 saturated carbocycles. The van der Waals surface area contributed by atoms with Crippen LogP contribution in [0.3, 0.4) is 0 Å². The fourth-order valence-electron chi connectivity index (χ4n) is 11.9. The molecule has 0 aromatic heterocycles. The van der Waals surface area contributed by atoms with Crippen molar-refractivity contribution in [2.75, 3.05) is 0 Å². The van der Waals surface area contributed by atoms with Crippen molar-refractivity contribution in [3.8, 4) is 44.5 Å². The minimum Gasteiger partial charge on any atom is -0.309 e. The summed E-state index contributed by atoms with van der Waals surface area (Å²) in [5, 5.41) is 1.49. The predicted molar refractivity (Wildman–Crippen MR) is 243 cm³/mol. The van der Waals surface area contributed by atoms with Gasteiger partial charge in [0.15, 0.2) is 7.14 Å². The Balaban J connectivity index is 1.11. The maximum atomic E-state index is 17.0. The molecule has 2 spiro atoms. The molecule has 294 valence electrons. The third kappa shape index (κ3) is 4.28. The van der Waals surface area contributed by atoms with Crippen molar-refractivity contribution in [2.24, 2.45) is 0 Å².